The molecule has 0 aliphatic carbocycles. The molecular formula is C14H19N3. The fraction of sp³-hybridized carbons (Fsp3) is 0.357. The molecule has 17 heavy (non-hydrogen) atoms. The van der Waals surface area contributed by atoms with Crippen LogP contribution in [0.4, 0.5) is 0 Å². The number of aryl methyl sites for hydroxylation is 1. The molecule has 0 spiro atoms. The molecular weight excluding hydrogens is 210 g/mol. The molecule has 90 valence electrons. The van der Waals surface area contributed by atoms with E-state index >= 15 is 0 Å². The molecule has 0 amide bonds. The number of aromatic nitrogens is 2. The third kappa shape index (κ3) is 3.17. The predicted octanol–water partition coefficient (Wildman–Crippen LogP) is 2.96. The molecule has 1 atom stereocenters. The topological polar surface area (TPSA) is 40.7 Å². The smallest absolute Gasteiger partial charge is 0.120 e. The van der Waals surface area contributed by atoms with Crippen molar-refractivity contribution in [2.24, 2.45) is 0 Å². The van der Waals surface area contributed by atoms with Gasteiger partial charge in [-0.25, -0.2) is 4.98 Å². The zero-order chi connectivity index (χ0) is 12.1. The van der Waals surface area contributed by atoms with Crippen LogP contribution in [-0.4, -0.2) is 9.97 Å². The summed E-state index contributed by atoms with van der Waals surface area (Å²) in [6.07, 6.45) is 4.71. The van der Waals surface area contributed by atoms with Gasteiger partial charge in [-0.15, -0.1) is 0 Å². The van der Waals surface area contributed by atoms with E-state index in [1.54, 1.807) is 6.20 Å². The predicted molar refractivity (Wildman–Crippen MR) is 69.6 cm³/mol. The van der Waals surface area contributed by atoms with Gasteiger partial charge in [-0.2, -0.15) is 0 Å². The molecule has 2 rings (SSSR count). The molecule has 1 aromatic carbocycles. The number of nitrogens with one attached hydrogen (secondary N) is 2. The quantitative estimate of drug-likeness (QED) is 0.827. The van der Waals surface area contributed by atoms with Crippen molar-refractivity contribution in [1.82, 2.24) is 15.3 Å². The molecule has 1 heterocycles. The average molecular weight is 229 g/mol. The molecule has 0 radical (unpaired) electrons. The molecule has 2 N–H and O–H groups in total. The molecule has 2 aromatic rings. The van der Waals surface area contributed by atoms with E-state index < -0.39 is 0 Å². The number of H-pyrrole nitrogens is 1. The molecule has 0 saturated heterocycles. The summed E-state index contributed by atoms with van der Waals surface area (Å²) in [5.74, 6) is 0.982. The molecule has 0 aliphatic heterocycles. The number of aromatic amines is 1. The fourth-order valence-electron chi connectivity index (χ4n) is 1.91. The SMILES string of the molecule is CCC(NCc1ncc[nH]1)c1ccc(C)cc1. The van der Waals surface area contributed by atoms with Gasteiger partial charge in [0.2, 0.25) is 0 Å². The van der Waals surface area contributed by atoms with E-state index in [1.165, 1.54) is 11.1 Å². The van der Waals surface area contributed by atoms with E-state index in [4.69, 9.17) is 0 Å². The Morgan fingerprint density at radius 3 is 2.65 bits per heavy atom. The largest absolute Gasteiger partial charge is 0.348 e. The zero-order valence-corrected chi connectivity index (χ0v) is 10.4. The Bertz CT molecular complexity index is 431. The maximum Gasteiger partial charge on any atom is 0.120 e. The molecule has 1 unspecified atom stereocenters. The first-order valence-corrected chi connectivity index (χ1v) is 6.07. The third-order valence-electron chi connectivity index (χ3n) is 2.96. The Labute approximate surface area is 102 Å². The van der Waals surface area contributed by atoms with Gasteiger partial charge in [-0.3, -0.25) is 0 Å². The lowest BCUT2D eigenvalue weighted by molar-refractivity contribution is 0.510. The molecule has 0 saturated carbocycles. The molecule has 0 fully saturated rings. The van der Waals surface area contributed by atoms with Crippen LogP contribution in [0.1, 0.15) is 36.3 Å². The monoisotopic (exact) mass is 229 g/mol. The first kappa shape index (κ1) is 11.9. The van der Waals surface area contributed by atoms with E-state index in [9.17, 15) is 0 Å². The Morgan fingerprint density at radius 2 is 2.06 bits per heavy atom. The maximum atomic E-state index is 4.21. The van der Waals surface area contributed by atoms with Crippen LogP contribution in [0.2, 0.25) is 0 Å². The van der Waals surface area contributed by atoms with E-state index in [0.717, 1.165) is 18.8 Å². The minimum atomic E-state index is 0.390. The summed E-state index contributed by atoms with van der Waals surface area (Å²) in [6, 6.07) is 9.09. The van der Waals surface area contributed by atoms with Gasteiger partial charge < -0.3 is 10.3 Å². The average Bonchev–Trinajstić information content (AvgIpc) is 2.85. The second-order valence-corrected chi connectivity index (χ2v) is 4.29. The van der Waals surface area contributed by atoms with Crippen molar-refractivity contribution in [3.63, 3.8) is 0 Å². The summed E-state index contributed by atoms with van der Waals surface area (Å²) in [4.78, 5) is 7.32. The van der Waals surface area contributed by atoms with E-state index in [0.29, 0.717) is 6.04 Å². The second kappa shape index (κ2) is 5.64. The number of imidazole rings is 1. The fourth-order valence-corrected chi connectivity index (χ4v) is 1.91. The number of hydrogen-bond donors (Lipinski definition) is 2. The molecule has 0 aliphatic rings. The van der Waals surface area contributed by atoms with Crippen LogP contribution >= 0.6 is 0 Å². The van der Waals surface area contributed by atoms with E-state index in [2.05, 4.69) is 53.4 Å². The van der Waals surface area contributed by atoms with Gasteiger partial charge in [-0.05, 0) is 18.9 Å². The van der Waals surface area contributed by atoms with Crippen LogP contribution in [-0.2, 0) is 6.54 Å². The summed E-state index contributed by atoms with van der Waals surface area (Å²) in [7, 11) is 0. The van der Waals surface area contributed by atoms with Crippen LogP contribution < -0.4 is 5.32 Å². The Kier molecular flexibility index (Phi) is 3.94. The summed E-state index contributed by atoms with van der Waals surface area (Å²) < 4.78 is 0. The van der Waals surface area contributed by atoms with Gasteiger partial charge in [0.25, 0.3) is 0 Å². The lowest BCUT2D eigenvalue weighted by Gasteiger charge is -2.16. The normalized spacial score (nSPS) is 12.6. The Hall–Kier alpha value is -1.61. The standard InChI is InChI=1S/C14H19N3/c1-3-13(12-6-4-11(2)5-7-12)17-10-14-15-8-9-16-14/h4-9,13,17H,3,10H2,1-2H3,(H,15,16). The number of benzene rings is 1. The zero-order valence-electron chi connectivity index (χ0n) is 10.4. The highest BCUT2D eigenvalue weighted by Crippen LogP contribution is 2.17. The summed E-state index contributed by atoms with van der Waals surface area (Å²) >= 11 is 0. The Morgan fingerprint density at radius 1 is 1.29 bits per heavy atom. The van der Waals surface area contributed by atoms with Crippen molar-refractivity contribution < 1.29 is 0 Å². The highest BCUT2D eigenvalue weighted by atomic mass is 15.0. The van der Waals surface area contributed by atoms with Crippen LogP contribution in [0.5, 0.6) is 0 Å². The van der Waals surface area contributed by atoms with Gasteiger partial charge in [0.05, 0.1) is 6.54 Å². The second-order valence-electron chi connectivity index (χ2n) is 4.29. The van der Waals surface area contributed by atoms with E-state index in [1.807, 2.05) is 6.20 Å². The van der Waals surface area contributed by atoms with Crippen molar-refractivity contribution in [3.8, 4) is 0 Å². The number of hydrogen-bond acceptors (Lipinski definition) is 2. The van der Waals surface area contributed by atoms with Gasteiger partial charge in [0.15, 0.2) is 0 Å². The first-order chi connectivity index (χ1) is 8.29. The van der Waals surface area contributed by atoms with Crippen LogP contribution in [0.3, 0.4) is 0 Å². The minimum Gasteiger partial charge on any atom is -0.348 e. The van der Waals surface area contributed by atoms with Gasteiger partial charge in [0.1, 0.15) is 5.82 Å². The maximum absolute atomic E-state index is 4.21. The summed E-state index contributed by atoms with van der Waals surface area (Å²) in [5.41, 5.74) is 2.64. The van der Waals surface area contributed by atoms with Crippen LogP contribution in [0.15, 0.2) is 36.7 Å². The van der Waals surface area contributed by atoms with Crippen molar-refractivity contribution in [1.29, 1.82) is 0 Å². The lowest BCUT2D eigenvalue weighted by atomic mass is 10.0. The third-order valence-corrected chi connectivity index (χ3v) is 2.96. The number of nitrogens with zero attached hydrogens (tertiary/aromatic N) is 1. The van der Waals surface area contributed by atoms with Gasteiger partial charge >= 0.3 is 0 Å². The molecule has 3 nitrogen and oxygen atoms in total. The van der Waals surface area contributed by atoms with E-state index in [-0.39, 0.29) is 0 Å². The highest BCUT2D eigenvalue weighted by molar-refractivity contribution is 5.24. The first-order valence-electron chi connectivity index (χ1n) is 6.07. The van der Waals surface area contributed by atoms with Crippen molar-refractivity contribution in [2.75, 3.05) is 0 Å². The Balaban J connectivity index is 1.99. The highest BCUT2D eigenvalue weighted by Gasteiger charge is 2.08. The van der Waals surface area contributed by atoms with Crippen molar-refractivity contribution >= 4 is 0 Å². The molecule has 1 aromatic heterocycles. The number of rotatable bonds is 5. The lowest BCUT2D eigenvalue weighted by Crippen LogP contribution is -2.20. The van der Waals surface area contributed by atoms with Gasteiger partial charge in [0, 0.05) is 18.4 Å². The minimum absolute atomic E-state index is 0.390. The van der Waals surface area contributed by atoms with Crippen LogP contribution in [0, 0.1) is 6.92 Å². The van der Waals surface area contributed by atoms with Crippen molar-refractivity contribution in [2.45, 2.75) is 32.9 Å². The molecule has 0 bridgehead atoms. The molecule has 3 heteroatoms. The van der Waals surface area contributed by atoms with Crippen LogP contribution in [0.25, 0.3) is 0 Å². The van der Waals surface area contributed by atoms with Gasteiger partial charge in [-0.1, -0.05) is 36.8 Å². The summed E-state index contributed by atoms with van der Waals surface area (Å²) in [6.45, 7) is 5.08. The van der Waals surface area contributed by atoms with Crippen molar-refractivity contribution in [3.05, 3.63) is 53.6 Å². The summed E-state index contributed by atoms with van der Waals surface area (Å²) in [5, 5.41) is 3.51.